The van der Waals surface area contributed by atoms with E-state index in [2.05, 4.69) is 4.72 Å². The highest BCUT2D eigenvalue weighted by Gasteiger charge is 2.23. The molecule has 0 spiro atoms. The first-order valence-electron chi connectivity index (χ1n) is 5.73. The predicted octanol–water partition coefficient (Wildman–Crippen LogP) is 1.56. The molecule has 0 heterocycles. The van der Waals surface area contributed by atoms with Crippen LogP contribution in [0.2, 0.25) is 5.02 Å². The number of aliphatic carboxylic acids is 1. The van der Waals surface area contributed by atoms with E-state index in [0.29, 0.717) is 0 Å². The number of carboxylic acid groups (broad SMARTS) is 1. The first-order chi connectivity index (χ1) is 9.56. The largest absolute Gasteiger partial charge is 0.481 e. The molecule has 1 atom stereocenters. The highest BCUT2D eigenvalue weighted by molar-refractivity contribution is 7.89. The Hall–Kier alpha value is -1.71. The van der Waals surface area contributed by atoms with Crippen molar-refractivity contribution in [3.05, 3.63) is 32.8 Å². The number of rotatable bonds is 6. The second-order valence-electron chi connectivity index (χ2n) is 4.40. The number of nitro groups is 1. The molecule has 1 aromatic rings. The maximum Gasteiger partial charge on any atom is 0.307 e. The van der Waals surface area contributed by atoms with Crippen LogP contribution in [0.25, 0.3) is 0 Å². The molecule has 0 fully saturated rings. The molecule has 1 unspecified atom stereocenters. The lowest BCUT2D eigenvalue weighted by Crippen LogP contribution is -2.31. The van der Waals surface area contributed by atoms with E-state index >= 15 is 0 Å². The monoisotopic (exact) mass is 336 g/mol. The minimum Gasteiger partial charge on any atom is -0.481 e. The fourth-order valence-corrected chi connectivity index (χ4v) is 2.85. The number of hydrogen-bond donors (Lipinski definition) is 2. The lowest BCUT2D eigenvalue weighted by Gasteiger charge is -2.10. The molecule has 0 amide bonds. The van der Waals surface area contributed by atoms with E-state index in [1.165, 1.54) is 13.8 Å². The molecule has 0 bridgehead atoms. The SMILES string of the molecule is Cc1c(Cl)cc(S(=O)(=O)NCC(C)C(=O)O)cc1[N+](=O)[O-]. The summed E-state index contributed by atoms with van der Waals surface area (Å²) in [5, 5.41) is 19.5. The Kier molecular flexibility index (Phi) is 5.26. The number of carboxylic acids is 1. The number of nitrogens with zero attached hydrogens (tertiary/aromatic N) is 1. The second-order valence-corrected chi connectivity index (χ2v) is 6.57. The molecule has 0 radical (unpaired) electrons. The maximum absolute atomic E-state index is 12.0. The Morgan fingerprint density at radius 1 is 1.52 bits per heavy atom. The van der Waals surface area contributed by atoms with Gasteiger partial charge < -0.3 is 5.11 Å². The Bertz CT molecular complexity index is 688. The Morgan fingerprint density at radius 2 is 2.10 bits per heavy atom. The van der Waals surface area contributed by atoms with Crippen molar-refractivity contribution >= 4 is 33.3 Å². The first-order valence-corrected chi connectivity index (χ1v) is 7.59. The van der Waals surface area contributed by atoms with E-state index in [-0.39, 0.29) is 22.0 Å². The van der Waals surface area contributed by atoms with Crippen molar-refractivity contribution in [3.8, 4) is 0 Å². The standard InChI is InChI=1S/C11H13ClN2O6S/c1-6(11(15)16)5-13-21(19,20)8-3-9(12)7(2)10(4-8)14(17)18/h3-4,6,13H,5H2,1-2H3,(H,15,16). The molecular weight excluding hydrogens is 324 g/mol. The topological polar surface area (TPSA) is 127 Å². The zero-order valence-electron chi connectivity index (χ0n) is 11.2. The number of nitrogens with one attached hydrogen (secondary N) is 1. The summed E-state index contributed by atoms with van der Waals surface area (Å²) in [6.45, 7) is 2.39. The second kappa shape index (κ2) is 6.37. The fourth-order valence-electron chi connectivity index (χ4n) is 1.39. The van der Waals surface area contributed by atoms with Crippen LogP contribution >= 0.6 is 11.6 Å². The van der Waals surface area contributed by atoms with Gasteiger partial charge in [0.05, 0.1) is 20.8 Å². The molecule has 0 saturated heterocycles. The third kappa shape index (κ3) is 4.13. The molecule has 8 nitrogen and oxygen atoms in total. The van der Waals surface area contributed by atoms with Crippen molar-refractivity contribution in [3.63, 3.8) is 0 Å². The highest BCUT2D eigenvalue weighted by Crippen LogP contribution is 2.29. The summed E-state index contributed by atoms with van der Waals surface area (Å²) in [5.41, 5.74) is -0.270. The molecular formula is C11H13ClN2O6S. The number of halogens is 1. The smallest absolute Gasteiger partial charge is 0.307 e. The first kappa shape index (κ1) is 17.3. The number of benzene rings is 1. The van der Waals surface area contributed by atoms with Crippen molar-refractivity contribution < 1.29 is 23.2 Å². The molecule has 116 valence electrons. The minimum absolute atomic E-state index is 0.0594. The highest BCUT2D eigenvalue weighted by atomic mass is 35.5. The number of nitro benzene ring substituents is 1. The minimum atomic E-state index is -4.09. The van der Waals surface area contributed by atoms with Crippen LogP contribution in [-0.2, 0) is 14.8 Å². The van der Waals surface area contributed by atoms with Crippen LogP contribution in [0.4, 0.5) is 5.69 Å². The zero-order valence-corrected chi connectivity index (χ0v) is 12.7. The van der Waals surface area contributed by atoms with Gasteiger partial charge in [0, 0.05) is 18.2 Å². The molecule has 0 aliphatic heterocycles. The van der Waals surface area contributed by atoms with Crippen LogP contribution in [0.5, 0.6) is 0 Å². The van der Waals surface area contributed by atoms with Crippen LogP contribution < -0.4 is 4.72 Å². The average molecular weight is 337 g/mol. The molecule has 2 N–H and O–H groups in total. The van der Waals surface area contributed by atoms with Crippen molar-refractivity contribution in [2.24, 2.45) is 5.92 Å². The average Bonchev–Trinajstić information content (AvgIpc) is 2.38. The van der Waals surface area contributed by atoms with Gasteiger partial charge in [-0.25, -0.2) is 13.1 Å². The van der Waals surface area contributed by atoms with E-state index in [4.69, 9.17) is 16.7 Å². The zero-order chi connectivity index (χ0) is 16.4. The summed E-state index contributed by atoms with van der Waals surface area (Å²) in [7, 11) is -4.09. The van der Waals surface area contributed by atoms with E-state index in [1.807, 2.05) is 0 Å². The molecule has 0 saturated carbocycles. The molecule has 1 rings (SSSR count). The van der Waals surface area contributed by atoms with Crippen molar-refractivity contribution in [1.82, 2.24) is 4.72 Å². The summed E-state index contributed by atoms with van der Waals surface area (Å²) >= 11 is 5.79. The van der Waals surface area contributed by atoms with Gasteiger partial charge >= 0.3 is 5.97 Å². The summed E-state index contributed by atoms with van der Waals surface area (Å²) in [4.78, 5) is 20.4. The van der Waals surface area contributed by atoms with Gasteiger partial charge in [-0.3, -0.25) is 14.9 Å². The van der Waals surface area contributed by atoms with Crippen molar-refractivity contribution in [2.75, 3.05) is 6.54 Å². The summed E-state index contributed by atoms with van der Waals surface area (Å²) in [5.74, 6) is -2.10. The van der Waals surface area contributed by atoms with Crippen LogP contribution in [0.15, 0.2) is 17.0 Å². The summed E-state index contributed by atoms with van der Waals surface area (Å²) in [6.07, 6.45) is 0. The molecule has 10 heteroatoms. The normalized spacial score (nSPS) is 12.9. The van der Waals surface area contributed by atoms with Gasteiger partial charge in [-0.1, -0.05) is 18.5 Å². The van der Waals surface area contributed by atoms with Crippen LogP contribution in [0.1, 0.15) is 12.5 Å². The van der Waals surface area contributed by atoms with E-state index < -0.39 is 32.5 Å². The van der Waals surface area contributed by atoms with Gasteiger partial charge in [0.2, 0.25) is 10.0 Å². The third-order valence-electron chi connectivity index (χ3n) is 2.80. The van der Waals surface area contributed by atoms with E-state index in [9.17, 15) is 23.3 Å². The Labute approximate surface area is 125 Å². The van der Waals surface area contributed by atoms with Gasteiger partial charge in [0.25, 0.3) is 5.69 Å². The quantitative estimate of drug-likeness (QED) is 0.599. The molecule has 0 aromatic heterocycles. The van der Waals surface area contributed by atoms with Gasteiger partial charge in [-0.15, -0.1) is 0 Å². The number of hydrogen-bond acceptors (Lipinski definition) is 5. The van der Waals surface area contributed by atoms with E-state index in [1.54, 1.807) is 0 Å². The summed E-state index contributed by atoms with van der Waals surface area (Å²) < 4.78 is 26.1. The maximum atomic E-state index is 12.0. The van der Waals surface area contributed by atoms with Crippen LogP contribution in [0, 0.1) is 23.0 Å². The molecule has 0 aliphatic carbocycles. The number of carbonyl (C=O) groups is 1. The van der Waals surface area contributed by atoms with Crippen LogP contribution in [-0.4, -0.2) is 31.0 Å². The lowest BCUT2D eigenvalue weighted by atomic mass is 10.2. The van der Waals surface area contributed by atoms with Gasteiger partial charge in [-0.2, -0.15) is 0 Å². The fraction of sp³-hybridized carbons (Fsp3) is 0.364. The lowest BCUT2D eigenvalue weighted by molar-refractivity contribution is -0.385. The molecule has 21 heavy (non-hydrogen) atoms. The van der Waals surface area contributed by atoms with Crippen molar-refractivity contribution in [2.45, 2.75) is 18.7 Å². The van der Waals surface area contributed by atoms with Crippen LogP contribution in [0.3, 0.4) is 0 Å². The van der Waals surface area contributed by atoms with Gasteiger partial charge in [0.15, 0.2) is 0 Å². The molecule has 0 aliphatic rings. The van der Waals surface area contributed by atoms with E-state index in [0.717, 1.165) is 12.1 Å². The number of sulfonamides is 1. The van der Waals surface area contributed by atoms with Gasteiger partial charge in [0.1, 0.15) is 0 Å². The summed E-state index contributed by atoms with van der Waals surface area (Å²) in [6, 6.07) is 1.96. The Balaban J connectivity index is 3.15. The Morgan fingerprint density at radius 3 is 2.57 bits per heavy atom. The predicted molar refractivity (Wildman–Crippen MR) is 74.8 cm³/mol. The van der Waals surface area contributed by atoms with Gasteiger partial charge in [-0.05, 0) is 13.0 Å². The molecule has 1 aromatic carbocycles. The van der Waals surface area contributed by atoms with Crippen molar-refractivity contribution in [1.29, 1.82) is 0 Å². The third-order valence-corrected chi connectivity index (χ3v) is 4.59.